The Balaban J connectivity index is 1.28. The van der Waals surface area contributed by atoms with Gasteiger partial charge in [-0.05, 0) is 30.2 Å². The van der Waals surface area contributed by atoms with Crippen molar-refractivity contribution in [3.63, 3.8) is 0 Å². The Bertz CT molecular complexity index is 1340. The maximum absolute atomic E-state index is 13.2. The van der Waals surface area contributed by atoms with Crippen LogP contribution in [0.2, 0.25) is 0 Å². The first-order chi connectivity index (χ1) is 16.1. The molecular weight excluding hydrogens is 472 g/mol. The van der Waals surface area contributed by atoms with Gasteiger partial charge in [-0.25, -0.2) is 4.98 Å². The molecule has 2 aromatic heterocycles. The molecule has 0 saturated carbocycles. The van der Waals surface area contributed by atoms with E-state index in [0.717, 1.165) is 11.1 Å². The molecule has 0 spiro atoms. The molecule has 0 unspecified atom stereocenters. The third-order valence-electron chi connectivity index (χ3n) is 5.49. The van der Waals surface area contributed by atoms with Crippen molar-refractivity contribution in [1.29, 1.82) is 0 Å². The van der Waals surface area contributed by atoms with Crippen LogP contribution in [0.1, 0.15) is 22.1 Å². The second-order valence-electron chi connectivity index (χ2n) is 7.81. The quantitative estimate of drug-likeness (QED) is 0.245. The largest absolute Gasteiger partial charge is 0.426 e. The average Bonchev–Trinajstić information content (AvgIpc) is 3.51. The lowest BCUT2D eigenvalue weighted by Gasteiger charge is -2.10. The summed E-state index contributed by atoms with van der Waals surface area (Å²) in [6, 6.07) is 15.8. The summed E-state index contributed by atoms with van der Waals surface area (Å²) in [6.07, 6.45) is 1.60. The fourth-order valence-electron chi connectivity index (χ4n) is 3.71. The second kappa shape index (κ2) is 9.75. The molecule has 33 heavy (non-hydrogen) atoms. The highest BCUT2D eigenvalue weighted by Gasteiger charge is 2.18. The number of thioether (sulfide) groups is 2. The van der Waals surface area contributed by atoms with Crippen molar-refractivity contribution in [1.82, 2.24) is 9.55 Å². The molecule has 3 heterocycles. The summed E-state index contributed by atoms with van der Waals surface area (Å²) in [4.78, 5) is 30.7. The van der Waals surface area contributed by atoms with E-state index in [9.17, 15) is 9.59 Å². The number of fused-ring (bicyclic) bond motifs is 1. The molecule has 0 aliphatic carbocycles. The van der Waals surface area contributed by atoms with E-state index in [2.05, 4.69) is 4.98 Å². The minimum atomic E-state index is -0.372. The van der Waals surface area contributed by atoms with Crippen LogP contribution >= 0.6 is 34.9 Å². The first-order valence-corrected chi connectivity index (χ1v) is 13.6. The van der Waals surface area contributed by atoms with Gasteiger partial charge in [0.25, 0.3) is 5.56 Å². The van der Waals surface area contributed by atoms with Crippen molar-refractivity contribution in [2.24, 2.45) is 0 Å². The Morgan fingerprint density at radius 2 is 1.82 bits per heavy atom. The van der Waals surface area contributed by atoms with Gasteiger partial charge >= 0.3 is 5.97 Å². The lowest BCUT2D eigenvalue weighted by Crippen LogP contribution is -2.23. The smallest absolute Gasteiger partial charge is 0.312 e. The van der Waals surface area contributed by atoms with Crippen molar-refractivity contribution < 1.29 is 9.53 Å². The highest BCUT2D eigenvalue weighted by Crippen LogP contribution is 2.45. The van der Waals surface area contributed by atoms with Crippen LogP contribution in [0.25, 0.3) is 21.3 Å². The van der Waals surface area contributed by atoms with E-state index in [1.807, 2.05) is 84.4 Å². The molecule has 5 rings (SSSR count). The van der Waals surface area contributed by atoms with E-state index >= 15 is 0 Å². The van der Waals surface area contributed by atoms with Gasteiger partial charge in [0.2, 0.25) is 0 Å². The number of hydrogen-bond donors (Lipinski definition) is 0. The third kappa shape index (κ3) is 4.88. The molecule has 1 saturated heterocycles. The molecule has 1 fully saturated rings. The van der Waals surface area contributed by atoms with Gasteiger partial charge in [0.15, 0.2) is 0 Å². The zero-order valence-corrected chi connectivity index (χ0v) is 20.5. The first-order valence-electron chi connectivity index (χ1n) is 10.7. The summed E-state index contributed by atoms with van der Waals surface area (Å²) >= 11 is 5.34. The monoisotopic (exact) mass is 494 g/mol. The number of hydrogen-bond acceptors (Lipinski definition) is 7. The van der Waals surface area contributed by atoms with Crippen molar-refractivity contribution >= 4 is 51.0 Å². The van der Waals surface area contributed by atoms with Crippen LogP contribution in [0.3, 0.4) is 0 Å². The number of carbonyl (C=O) groups excluding carboxylic acids is 1. The predicted molar refractivity (Wildman–Crippen MR) is 138 cm³/mol. The van der Waals surface area contributed by atoms with E-state index in [1.165, 1.54) is 44.9 Å². The van der Waals surface area contributed by atoms with Gasteiger partial charge in [-0.15, -0.1) is 34.9 Å². The van der Waals surface area contributed by atoms with Gasteiger partial charge in [-0.3, -0.25) is 14.2 Å². The van der Waals surface area contributed by atoms with E-state index in [4.69, 9.17) is 4.74 Å². The number of ether oxygens (including phenoxy) is 1. The Kier molecular flexibility index (Phi) is 6.57. The number of aryl methyl sites for hydroxylation is 2. The molecular formula is C25H22N2O3S3. The molecule has 1 aliphatic heterocycles. The number of esters is 1. The molecule has 0 N–H and O–H groups in total. The first kappa shape index (κ1) is 22.3. The molecule has 0 bridgehead atoms. The summed E-state index contributed by atoms with van der Waals surface area (Å²) in [5.74, 6) is 2.49. The highest BCUT2D eigenvalue weighted by molar-refractivity contribution is 8.19. The van der Waals surface area contributed by atoms with E-state index < -0.39 is 0 Å². The van der Waals surface area contributed by atoms with Gasteiger partial charge in [-0.2, -0.15) is 0 Å². The van der Waals surface area contributed by atoms with Crippen molar-refractivity contribution in [3.8, 4) is 16.9 Å². The van der Waals surface area contributed by atoms with Gasteiger partial charge in [0.1, 0.15) is 10.6 Å². The Morgan fingerprint density at radius 3 is 2.55 bits per heavy atom. The number of thiophene rings is 1. The van der Waals surface area contributed by atoms with Crippen molar-refractivity contribution in [2.75, 3.05) is 11.5 Å². The van der Waals surface area contributed by atoms with Crippen LogP contribution in [0.5, 0.6) is 5.75 Å². The van der Waals surface area contributed by atoms with Gasteiger partial charge in [-0.1, -0.05) is 42.0 Å². The normalized spacial score (nSPS) is 14.1. The zero-order chi connectivity index (χ0) is 22.8. The van der Waals surface area contributed by atoms with Gasteiger partial charge in [0.05, 0.1) is 22.7 Å². The minimum Gasteiger partial charge on any atom is -0.426 e. The van der Waals surface area contributed by atoms with Crippen LogP contribution in [0.4, 0.5) is 0 Å². The van der Waals surface area contributed by atoms with E-state index in [1.54, 1.807) is 0 Å². The average molecular weight is 495 g/mol. The van der Waals surface area contributed by atoms with Gasteiger partial charge in [0, 0.05) is 29.0 Å². The fraction of sp³-hybridized carbons (Fsp3) is 0.240. The van der Waals surface area contributed by atoms with Crippen molar-refractivity contribution in [3.05, 3.63) is 81.7 Å². The number of nitrogens with zero attached hydrogens (tertiary/aromatic N) is 2. The molecule has 5 nitrogen and oxygen atoms in total. The molecule has 8 heteroatoms. The summed E-state index contributed by atoms with van der Waals surface area (Å²) in [5, 5.41) is 2.56. The van der Waals surface area contributed by atoms with E-state index in [-0.39, 0.29) is 24.5 Å². The summed E-state index contributed by atoms with van der Waals surface area (Å²) in [5.41, 5.74) is 4.14. The second-order valence-corrected chi connectivity index (χ2v) is 11.4. The van der Waals surface area contributed by atoms with Crippen LogP contribution in [-0.2, 0) is 11.3 Å². The Morgan fingerprint density at radius 1 is 1.09 bits per heavy atom. The molecule has 168 valence electrons. The fourth-order valence-corrected chi connectivity index (χ4v) is 7.48. The third-order valence-corrected chi connectivity index (χ3v) is 9.48. The lowest BCUT2D eigenvalue weighted by molar-refractivity contribution is -0.134. The Labute approximate surface area is 204 Å². The standard InChI is InChI=1S/C25H22N2O3S3/c1-16-2-4-17(5-3-16)20-14-33-23-22(20)24(29)27(15-26-23)11-10-21(28)30-19-8-6-18(7-9-19)25-31-12-13-32-25/h2-9,14-15,25H,10-13H2,1H3. The van der Waals surface area contributed by atoms with E-state index in [0.29, 0.717) is 20.5 Å². The maximum Gasteiger partial charge on any atom is 0.312 e. The maximum atomic E-state index is 13.2. The van der Waals surface area contributed by atoms with Crippen LogP contribution < -0.4 is 10.3 Å². The van der Waals surface area contributed by atoms with Crippen LogP contribution in [0, 0.1) is 6.92 Å². The number of rotatable bonds is 6. The molecule has 1 aliphatic rings. The Hall–Kier alpha value is -2.55. The minimum absolute atomic E-state index is 0.0905. The lowest BCUT2D eigenvalue weighted by atomic mass is 10.1. The summed E-state index contributed by atoms with van der Waals surface area (Å²) < 4.78 is 7.44. The zero-order valence-electron chi connectivity index (χ0n) is 18.0. The number of benzene rings is 2. The predicted octanol–water partition coefficient (Wildman–Crippen LogP) is 5.91. The molecule has 0 amide bonds. The van der Waals surface area contributed by atoms with Crippen molar-refractivity contribution in [2.45, 2.75) is 24.5 Å². The number of aromatic nitrogens is 2. The number of carbonyl (C=O) groups is 1. The molecule has 2 aromatic carbocycles. The topological polar surface area (TPSA) is 61.2 Å². The molecule has 4 aromatic rings. The molecule has 0 radical (unpaired) electrons. The molecule has 0 atom stereocenters. The van der Waals surface area contributed by atoms with Gasteiger partial charge < -0.3 is 4.74 Å². The van der Waals surface area contributed by atoms with Crippen LogP contribution in [-0.4, -0.2) is 27.0 Å². The highest BCUT2D eigenvalue weighted by atomic mass is 32.2. The summed E-state index contributed by atoms with van der Waals surface area (Å²) in [6.45, 7) is 2.25. The SMILES string of the molecule is Cc1ccc(-c2csc3ncn(CCC(=O)Oc4ccc(C5SCCS5)cc4)c(=O)c23)cc1. The van der Waals surface area contributed by atoms with Crippen LogP contribution in [0.15, 0.2) is 65.0 Å². The summed E-state index contributed by atoms with van der Waals surface area (Å²) in [7, 11) is 0.